The van der Waals surface area contributed by atoms with Gasteiger partial charge in [-0.2, -0.15) is 0 Å². The highest BCUT2D eigenvalue weighted by molar-refractivity contribution is 5.66. The Kier molecular flexibility index (Phi) is 4.73. The maximum atomic E-state index is 10.9. The van der Waals surface area contributed by atoms with Crippen molar-refractivity contribution < 1.29 is 23.8 Å². The standard InChI is InChI=1S/C11H17O5/c1-4-9(14-7(2)12)10-5-6-11(16-10)15-8(3)13/h6,9-11H,4-5H2,1-3H3/t9?,10-,11?/m0/s1. The van der Waals surface area contributed by atoms with Crippen LogP contribution < -0.4 is 0 Å². The van der Waals surface area contributed by atoms with Crippen molar-refractivity contribution in [3.63, 3.8) is 0 Å². The molecule has 16 heavy (non-hydrogen) atoms. The minimum absolute atomic E-state index is 0.224. The van der Waals surface area contributed by atoms with E-state index in [1.807, 2.05) is 6.92 Å². The molecule has 1 radical (unpaired) electrons. The normalized spacial score (nSPS) is 26.2. The van der Waals surface area contributed by atoms with Crippen molar-refractivity contribution in [2.75, 3.05) is 0 Å². The second-order valence-corrected chi connectivity index (χ2v) is 3.68. The third-order valence-electron chi connectivity index (χ3n) is 2.29. The number of carbonyl (C=O) groups excluding carboxylic acids is 2. The van der Waals surface area contributed by atoms with Gasteiger partial charge < -0.3 is 14.2 Å². The van der Waals surface area contributed by atoms with Gasteiger partial charge in [0, 0.05) is 20.3 Å². The number of hydrogen-bond acceptors (Lipinski definition) is 5. The van der Waals surface area contributed by atoms with E-state index in [0.29, 0.717) is 12.8 Å². The summed E-state index contributed by atoms with van der Waals surface area (Å²) in [6.45, 7) is 4.61. The van der Waals surface area contributed by atoms with Crippen molar-refractivity contribution >= 4 is 11.9 Å². The first-order valence-corrected chi connectivity index (χ1v) is 5.36. The SMILES string of the molecule is CCC(OC(C)=O)[C@@H]1C[CH]C(OC(C)=O)O1. The lowest BCUT2D eigenvalue weighted by Crippen LogP contribution is -2.31. The summed E-state index contributed by atoms with van der Waals surface area (Å²) in [6, 6.07) is 0. The molecule has 2 unspecified atom stereocenters. The largest absolute Gasteiger partial charge is 0.460 e. The lowest BCUT2D eigenvalue weighted by Gasteiger charge is -2.21. The molecule has 3 atom stereocenters. The van der Waals surface area contributed by atoms with Gasteiger partial charge in [0.05, 0.1) is 6.10 Å². The van der Waals surface area contributed by atoms with Crippen molar-refractivity contribution in [2.45, 2.75) is 52.1 Å². The van der Waals surface area contributed by atoms with Gasteiger partial charge in [-0.15, -0.1) is 0 Å². The van der Waals surface area contributed by atoms with Crippen LogP contribution in [0.4, 0.5) is 0 Å². The zero-order chi connectivity index (χ0) is 12.1. The summed E-state index contributed by atoms with van der Waals surface area (Å²) in [7, 11) is 0. The Hall–Kier alpha value is -1.10. The molecule has 1 aliphatic rings. The maximum absolute atomic E-state index is 10.9. The third kappa shape index (κ3) is 3.81. The summed E-state index contributed by atoms with van der Waals surface area (Å²) in [5, 5.41) is 0. The summed E-state index contributed by atoms with van der Waals surface area (Å²) < 4.78 is 15.4. The summed E-state index contributed by atoms with van der Waals surface area (Å²) in [5.41, 5.74) is 0. The van der Waals surface area contributed by atoms with E-state index in [9.17, 15) is 9.59 Å². The minimum Gasteiger partial charge on any atom is -0.460 e. The van der Waals surface area contributed by atoms with Crippen LogP contribution in [0.1, 0.15) is 33.6 Å². The van der Waals surface area contributed by atoms with Crippen LogP contribution in [0.5, 0.6) is 0 Å². The smallest absolute Gasteiger partial charge is 0.304 e. The first kappa shape index (κ1) is 13.0. The van der Waals surface area contributed by atoms with Crippen LogP contribution in [0, 0.1) is 6.42 Å². The molecule has 0 aromatic heterocycles. The van der Waals surface area contributed by atoms with E-state index in [1.54, 1.807) is 6.42 Å². The monoisotopic (exact) mass is 229 g/mol. The Morgan fingerprint density at radius 1 is 1.44 bits per heavy atom. The molecule has 1 rings (SSSR count). The number of ether oxygens (including phenoxy) is 3. The highest BCUT2D eigenvalue weighted by atomic mass is 16.7. The Morgan fingerprint density at radius 3 is 2.62 bits per heavy atom. The molecule has 0 aromatic carbocycles. The van der Waals surface area contributed by atoms with Gasteiger partial charge in [-0.3, -0.25) is 9.59 Å². The zero-order valence-electron chi connectivity index (χ0n) is 9.76. The summed E-state index contributed by atoms with van der Waals surface area (Å²) in [6.07, 6.45) is 1.92. The predicted octanol–water partition coefficient (Wildman–Crippen LogP) is 1.21. The van der Waals surface area contributed by atoms with E-state index in [-0.39, 0.29) is 24.1 Å². The molecule has 1 aliphatic heterocycles. The van der Waals surface area contributed by atoms with Crippen LogP contribution in [0.3, 0.4) is 0 Å². The number of esters is 2. The molecule has 5 nitrogen and oxygen atoms in total. The summed E-state index contributed by atoms with van der Waals surface area (Å²) in [4.78, 5) is 21.6. The van der Waals surface area contributed by atoms with E-state index in [4.69, 9.17) is 14.2 Å². The number of carbonyl (C=O) groups is 2. The lowest BCUT2D eigenvalue weighted by atomic mass is 10.1. The Balaban J connectivity index is 2.43. The fraction of sp³-hybridized carbons (Fsp3) is 0.727. The van der Waals surface area contributed by atoms with E-state index in [1.165, 1.54) is 13.8 Å². The molecule has 0 aliphatic carbocycles. The first-order valence-electron chi connectivity index (χ1n) is 5.36. The average Bonchev–Trinajstić information content (AvgIpc) is 2.61. The highest BCUT2D eigenvalue weighted by Gasteiger charge is 2.34. The predicted molar refractivity (Wildman–Crippen MR) is 55.2 cm³/mol. The van der Waals surface area contributed by atoms with Crippen molar-refractivity contribution in [3.8, 4) is 0 Å². The van der Waals surface area contributed by atoms with E-state index in [0.717, 1.165) is 0 Å². The maximum Gasteiger partial charge on any atom is 0.304 e. The first-order chi connectivity index (χ1) is 7.52. The van der Waals surface area contributed by atoms with Crippen molar-refractivity contribution in [1.82, 2.24) is 0 Å². The third-order valence-corrected chi connectivity index (χ3v) is 2.29. The van der Waals surface area contributed by atoms with Gasteiger partial charge >= 0.3 is 11.9 Å². The second kappa shape index (κ2) is 5.84. The van der Waals surface area contributed by atoms with Gasteiger partial charge in [0.1, 0.15) is 6.10 Å². The van der Waals surface area contributed by atoms with Gasteiger partial charge in [0.25, 0.3) is 0 Å². The topological polar surface area (TPSA) is 61.8 Å². The van der Waals surface area contributed by atoms with Gasteiger partial charge in [-0.05, 0) is 12.8 Å². The van der Waals surface area contributed by atoms with Crippen LogP contribution in [0.15, 0.2) is 0 Å². The molecular weight excluding hydrogens is 212 g/mol. The van der Waals surface area contributed by atoms with E-state index in [2.05, 4.69) is 0 Å². The molecule has 0 bridgehead atoms. The van der Waals surface area contributed by atoms with Crippen LogP contribution in [-0.2, 0) is 23.8 Å². The van der Waals surface area contributed by atoms with Crippen LogP contribution in [0.2, 0.25) is 0 Å². The van der Waals surface area contributed by atoms with Crippen molar-refractivity contribution in [2.24, 2.45) is 0 Å². The zero-order valence-corrected chi connectivity index (χ0v) is 9.76. The molecule has 0 aromatic rings. The Bertz CT molecular complexity index is 263. The average molecular weight is 229 g/mol. The fourth-order valence-electron chi connectivity index (χ4n) is 1.64. The molecule has 1 fully saturated rings. The minimum atomic E-state index is -0.618. The Labute approximate surface area is 95.0 Å². The molecule has 91 valence electrons. The molecule has 1 heterocycles. The quantitative estimate of drug-likeness (QED) is 0.678. The van der Waals surface area contributed by atoms with Gasteiger partial charge in [-0.1, -0.05) is 6.92 Å². The lowest BCUT2D eigenvalue weighted by molar-refractivity contribution is -0.181. The molecular formula is C11H17O5. The highest BCUT2D eigenvalue weighted by Crippen LogP contribution is 2.25. The van der Waals surface area contributed by atoms with E-state index >= 15 is 0 Å². The van der Waals surface area contributed by atoms with Gasteiger partial charge in [0.15, 0.2) is 0 Å². The number of hydrogen-bond donors (Lipinski definition) is 0. The molecule has 5 heteroatoms. The van der Waals surface area contributed by atoms with Crippen molar-refractivity contribution in [3.05, 3.63) is 6.42 Å². The van der Waals surface area contributed by atoms with Crippen LogP contribution in [-0.4, -0.2) is 30.4 Å². The van der Waals surface area contributed by atoms with E-state index < -0.39 is 6.29 Å². The van der Waals surface area contributed by atoms with Gasteiger partial charge in [-0.25, -0.2) is 0 Å². The second-order valence-electron chi connectivity index (χ2n) is 3.68. The van der Waals surface area contributed by atoms with Gasteiger partial charge in [0.2, 0.25) is 6.29 Å². The van der Waals surface area contributed by atoms with Crippen molar-refractivity contribution in [1.29, 1.82) is 0 Å². The molecule has 0 amide bonds. The number of rotatable bonds is 4. The van der Waals surface area contributed by atoms with Crippen LogP contribution >= 0.6 is 0 Å². The molecule has 1 saturated heterocycles. The fourth-order valence-corrected chi connectivity index (χ4v) is 1.64. The summed E-state index contributed by atoms with van der Waals surface area (Å²) >= 11 is 0. The molecule has 0 saturated carbocycles. The Morgan fingerprint density at radius 2 is 2.12 bits per heavy atom. The molecule has 0 spiro atoms. The summed E-state index contributed by atoms with van der Waals surface area (Å²) in [5.74, 6) is -0.714. The van der Waals surface area contributed by atoms with Crippen LogP contribution in [0.25, 0.3) is 0 Å². The molecule has 0 N–H and O–H groups in total.